The molecule has 27 heavy (non-hydrogen) atoms. The third-order valence-corrected chi connectivity index (χ3v) is 5.58. The molecule has 2 aromatic carbocycles. The van der Waals surface area contributed by atoms with E-state index < -0.39 is 11.1 Å². The van der Waals surface area contributed by atoms with Gasteiger partial charge in [0.25, 0.3) is 0 Å². The van der Waals surface area contributed by atoms with Crippen molar-refractivity contribution < 1.29 is 9.18 Å². The zero-order chi connectivity index (χ0) is 18.8. The molecule has 6 nitrogen and oxygen atoms in total. The van der Waals surface area contributed by atoms with Crippen LogP contribution >= 0.6 is 11.8 Å². The number of fused-ring (bicyclic) bond motifs is 1. The Kier molecular flexibility index (Phi) is 4.81. The van der Waals surface area contributed by atoms with Crippen LogP contribution in [0.4, 0.5) is 10.1 Å². The lowest BCUT2D eigenvalue weighted by atomic mass is 10.0. The summed E-state index contributed by atoms with van der Waals surface area (Å²) >= 11 is 1.32. The van der Waals surface area contributed by atoms with Crippen LogP contribution < -0.4 is 10.7 Å². The molecule has 2 N–H and O–H groups in total. The monoisotopic (exact) mass is 383 g/mol. The van der Waals surface area contributed by atoms with E-state index in [1.165, 1.54) is 17.8 Å². The van der Waals surface area contributed by atoms with Gasteiger partial charge < -0.3 is 10.7 Å². The molecular weight excluding hydrogens is 365 g/mol. The Bertz CT molecular complexity index is 962. The van der Waals surface area contributed by atoms with E-state index in [0.717, 1.165) is 11.4 Å². The highest BCUT2D eigenvalue weighted by molar-refractivity contribution is 8.00. The molecule has 0 bridgehead atoms. The van der Waals surface area contributed by atoms with E-state index in [-0.39, 0.29) is 17.6 Å². The van der Waals surface area contributed by atoms with Gasteiger partial charge in [0.2, 0.25) is 11.1 Å². The van der Waals surface area contributed by atoms with Gasteiger partial charge in [-0.3, -0.25) is 4.79 Å². The fourth-order valence-electron chi connectivity index (χ4n) is 3.00. The summed E-state index contributed by atoms with van der Waals surface area (Å²) < 4.78 is 15.8. The molecule has 0 unspecified atom stereocenters. The molecule has 2 heterocycles. The maximum atomic E-state index is 14.0. The zero-order valence-electron chi connectivity index (χ0n) is 14.6. The van der Waals surface area contributed by atoms with Crippen LogP contribution in [-0.4, -0.2) is 26.0 Å². The highest BCUT2D eigenvalue weighted by Gasteiger charge is 2.37. The van der Waals surface area contributed by atoms with Crippen LogP contribution in [0.2, 0.25) is 0 Å². The number of nitrogens with zero attached hydrogens (tertiary/aromatic N) is 3. The van der Waals surface area contributed by atoms with Gasteiger partial charge in [0, 0.05) is 6.42 Å². The van der Waals surface area contributed by atoms with E-state index in [1.807, 2.05) is 41.9 Å². The summed E-state index contributed by atoms with van der Waals surface area (Å²) in [6.07, 6.45) is 0.716. The lowest BCUT2D eigenvalue weighted by Gasteiger charge is -2.33. The molecule has 1 amide bonds. The Labute approximate surface area is 160 Å². The summed E-state index contributed by atoms with van der Waals surface area (Å²) in [5, 5.41) is 11.1. The highest BCUT2D eigenvalue weighted by Crippen LogP contribution is 2.37. The summed E-state index contributed by atoms with van der Waals surface area (Å²) in [5.74, 6) is 0.0393. The lowest BCUT2D eigenvalue weighted by Crippen LogP contribution is -2.41. The largest absolute Gasteiger partial charge is 0.323 e. The number of rotatable bonds is 4. The Hall–Kier alpha value is -2.87. The number of carbonyl (C=O) groups excluding carboxylic acids is 1. The Morgan fingerprint density at radius 1 is 1.19 bits per heavy atom. The molecule has 0 spiro atoms. The molecule has 8 heteroatoms. The van der Waals surface area contributed by atoms with Gasteiger partial charge in [-0.2, -0.15) is 0 Å². The standard InChI is InChI=1S/C19H18FN5OS/c1-2-15-22-23-19-25(15)24-16(12-8-4-3-5-9-12)17(27-19)18(26)21-14-11-7-6-10-13(14)20/h3-11,16-17,24H,2H2,1H3,(H,21,26)/t16-,17-/m0/s1. The number of carbonyl (C=O) groups is 1. The number of halogens is 1. The third kappa shape index (κ3) is 3.40. The molecular formula is C19H18FN5OS. The highest BCUT2D eigenvalue weighted by atomic mass is 32.2. The molecule has 1 aliphatic heterocycles. The van der Waals surface area contributed by atoms with Gasteiger partial charge >= 0.3 is 0 Å². The molecule has 0 saturated carbocycles. The maximum Gasteiger partial charge on any atom is 0.240 e. The van der Waals surface area contributed by atoms with Crippen molar-refractivity contribution in [2.75, 3.05) is 10.7 Å². The minimum absolute atomic E-state index is 0.163. The summed E-state index contributed by atoms with van der Waals surface area (Å²) in [7, 11) is 0. The average Bonchev–Trinajstić information content (AvgIpc) is 3.11. The molecule has 0 radical (unpaired) electrons. The topological polar surface area (TPSA) is 71.8 Å². The van der Waals surface area contributed by atoms with Crippen LogP contribution in [0.1, 0.15) is 24.4 Å². The van der Waals surface area contributed by atoms with Gasteiger partial charge in [0.15, 0.2) is 5.82 Å². The van der Waals surface area contributed by atoms with E-state index in [4.69, 9.17) is 0 Å². The van der Waals surface area contributed by atoms with Crippen LogP contribution in [0.5, 0.6) is 0 Å². The summed E-state index contributed by atoms with van der Waals surface area (Å²) in [4.78, 5) is 13.0. The minimum atomic E-state index is -0.534. The number of aromatic nitrogens is 3. The van der Waals surface area contributed by atoms with E-state index in [2.05, 4.69) is 20.9 Å². The van der Waals surface area contributed by atoms with Gasteiger partial charge in [0.05, 0.1) is 11.7 Å². The van der Waals surface area contributed by atoms with E-state index in [1.54, 1.807) is 18.2 Å². The predicted octanol–water partition coefficient (Wildman–Crippen LogP) is 3.38. The molecule has 0 saturated heterocycles. The molecule has 3 aromatic rings. The van der Waals surface area contributed by atoms with E-state index in [9.17, 15) is 9.18 Å². The van der Waals surface area contributed by atoms with Crippen molar-refractivity contribution in [1.82, 2.24) is 14.9 Å². The molecule has 0 fully saturated rings. The van der Waals surface area contributed by atoms with Gasteiger partial charge in [-0.25, -0.2) is 9.07 Å². The van der Waals surface area contributed by atoms with Crippen molar-refractivity contribution in [2.24, 2.45) is 0 Å². The van der Waals surface area contributed by atoms with Crippen molar-refractivity contribution in [3.05, 3.63) is 71.8 Å². The van der Waals surface area contributed by atoms with Gasteiger partial charge in [-0.1, -0.05) is 61.2 Å². The Balaban J connectivity index is 1.68. The molecule has 138 valence electrons. The van der Waals surface area contributed by atoms with Crippen LogP contribution in [0.15, 0.2) is 59.8 Å². The van der Waals surface area contributed by atoms with E-state index >= 15 is 0 Å². The van der Waals surface area contributed by atoms with Crippen molar-refractivity contribution in [3.8, 4) is 0 Å². The fourth-order valence-corrected chi connectivity index (χ4v) is 4.10. The van der Waals surface area contributed by atoms with Crippen LogP contribution in [0.3, 0.4) is 0 Å². The quantitative estimate of drug-likeness (QED) is 0.723. The molecule has 1 aromatic heterocycles. The summed E-state index contributed by atoms with van der Waals surface area (Å²) in [6, 6.07) is 15.5. The van der Waals surface area contributed by atoms with E-state index in [0.29, 0.717) is 11.6 Å². The van der Waals surface area contributed by atoms with Gasteiger partial charge in [-0.05, 0) is 17.7 Å². The van der Waals surface area contributed by atoms with Crippen molar-refractivity contribution in [2.45, 2.75) is 29.8 Å². The fraction of sp³-hybridized carbons (Fsp3) is 0.211. The first-order valence-corrected chi connectivity index (χ1v) is 9.53. The first-order valence-electron chi connectivity index (χ1n) is 8.65. The SMILES string of the molecule is CCc1nnc2n1N[C@@H](c1ccccc1)[C@@H](C(=O)Nc1ccccc1F)S2. The van der Waals surface area contributed by atoms with Crippen LogP contribution in [0.25, 0.3) is 0 Å². The maximum absolute atomic E-state index is 14.0. The normalized spacial score (nSPS) is 18.4. The number of hydrogen-bond donors (Lipinski definition) is 2. The summed E-state index contributed by atoms with van der Waals surface area (Å²) in [6.45, 7) is 2.00. The number of para-hydroxylation sites is 1. The second-order valence-corrected chi connectivity index (χ2v) is 7.22. The van der Waals surface area contributed by atoms with Crippen molar-refractivity contribution in [3.63, 3.8) is 0 Å². The number of amides is 1. The Morgan fingerprint density at radius 2 is 1.93 bits per heavy atom. The van der Waals surface area contributed by atoms with Crippen molar-refractivity contribution in [1.29, 1.82) is 0 Å². The second-order valence-electron chi connectivity index (χ2n) is 6.11. The zero-order valence-corrected chi connectivity index (χ0v) is 15.4. The first-order chi connectivity index (χ1) is 13.2. The van der Waals surface area contributed by atoms with Gasteiger partial charge in [-0.15, -0.1) is 10.2 Å². The third-order valence-electron chi connectivity index (χ3n) is 4.37. The number of aryl methyl sites for hydroxylation is 1. The second kappa shape index (κ2) is 7.40. The number of nitrogens with one attached hydrogen (secondary N) is 2. The number of anilines is 1. The van der Waals surface area contributed by atoms with Crippen molar-refractivity contribution >= 4 is 23.4 Å². The molecule has 4 rings (SSSR count). The summed E-state index contributed by atoms with van der Waals surface area (Å²) in [5.41, 5.74) is 4.48. The van der Waals surface area contributed by atoms with Crippen LogP contribution in [0, 0.1) is 5.82 Å². The number of thioether (sulfide) groups is 1. The minimum Gasteiger partial charge on any atom is -0.323 e. The number of benzene rings is 2. The average molecular weight is 383 g/mol. The smallest absolute Gasteiger partial charge is 0.240 e. The van der Waals surface area contributed by atoms with Crippen LogP contribution in [-0.2, 0) is 11.2 Å². The first kappa shape index (κ1) is 17.5. The predicted molar refractivity (Wildman–Crippen MR) is 103 cm³/mol. The number of hydrogen-bond acceptors (Lipinski definition) is 5. The Morgan fingerprint density at radius 3 is 2.67 bits per heavy atom. The molecule has 2 atom stereocenters. The van der Waals surface area contributed by atoms with Gasteiger partial charge in [0.1, 0.15) is 11.1 Å². The lowest BCUT2D eigenvalue weighted by molar-refractivity contribution is -0.116. The molecule has 0 aliphatic carbocycles. The molecule has 1 aliphatic rings.